The summed E-state index contributed by atoms with van der Waals surface area (Å²) in [5, 5.41) is 9.04. The largest absolute Gasteiger partial charge is 0.394 e. The van der Waals surface area contributed by atoms with E-state index in [1.807, 2.05) is 20.9 Å². The van der Waals surface area contributed by atoms with Crippen molar-refractivity contribution in [3.63, 3.8) is 0 Å². The Balaban J connectivity index is 3.72. The van der Waals surface area contributed by atoms with Crippen molar-refractivity contribution in [1.82, 2.24) is 4.90 Å². The van der Waals surface area contributed by atoms with E-state index in [1.54, 1.807) is 0 Å². The zero-order chi connectivity index (χ0) is 9.61. The summed E-state index contributed by atoms with van der Waals surface area (Å²) >= 11 is 0. The van der Waals surface area contributed by atoms with Gasteiger partial charge in [0, 0.05) is 12.0 Å². The van der Waals surface area contributed by atoms with Gasteiger partial charge in [0.15, 0.2) is 0 Å². The second kappa shape index (κ2) is 5.18. The lowest BCUT2D eigenvalue weighted by atomic mass is 10.0. The summed E-state index contributed by atoms with van der Waals surface area (Å²) in [4.78, 5) is 2.13. The summed E-state index contributed by atoms with van der Waals surface area (Å²) in [5.74, 6) is 2.60. The maximum Gasteiger partial charge on any atom is 0.0609 e. The summed E-state index contributed by atoms with van der Waals surface area (Å²) in [5.41, 5.74) is -0.130. The minimum atomic E-state index is -0.130. The molecule has 0 spiro atoms. The van der Waals surface area contributed by atoms with E-state index in [1.165, 1.54) is 0 Å². The van der Waals surface area contributed by atoms with Gasteiger partial charge < -0.3 is 5.11 Å². The van der Waals surface area contributed by atoms with Crippen molar-refractivity contribution >= 4 is 0 Å². The third-order valence-electron chi connectivity index (χ3n) is 2.23. The highest BCUT2D eigenvalue weighted by Gasteiger charge is 2.21. The molecule has 0 fully saturated rings. The fraction of sp³-hybridized carbons (Fsp3) is 0.800. The van der Waals surface area contributed by atoms with Gasteiger partial charge in [-0.15, -0.1) is 12.3 Å². The van der Waals surface area contributed by atoms with E-state index in [9.17, 15) is 0 Å². The molecule has 70 valence electrons. The Labute approximate surface area is 75.6 Å². The van der Waals surface area contributed by atoms with Crippen molar-refractivity contribution < 1.29 is 5.11 Å². The predicted molar refractivity (Wildman–Crippen MR) is 51.9 cm³/mol. The molecule has 0 bridgehead atoms. The highest BCUT2D eigenvalue weighted by molar-refractivity contribution is 4.84. The van der Waals surface area contributed by atoms with Gasteiger partial charge in [0.1, 0.15) is 0 Å². The van der Waals surface area contributed by atoms with Gasteiger partial charge in [0.05, 0.1) is 6.61 Å². The quantitative estimate of drug-likeness (QED) is 0.492. The summed E-state index contributed by atoms with van der Waals surface area (Å²) < 4.78 is 0. The molecule has 0 aromatic heterocycles. The number of hydrogen-bond acceptors (Lipinski definition) is 2. The van der Waals surface area contributed by atoms with Crippen molar-refractivity contribution in [2.75, 3.05) is 20.2 Å². The van der Waals surface area contributed by atoms with E-state index in [4.69, 9.17) is 11.5 Å². The Bertz CT molecular complexity index is 158. The summed E-state index contributed by atoms with van der Waals surface area (Å²) in [6.07, 6.45) is 6.95. The lowest BCUT2D eigenvalue weighted by Crippen LogP contribution is -2.44. The highest BCUT2D eigenvalue weighted by Crippen LogP contribution is 2.11. The van der Waals surface area contributed by atoms with Crippen molar-refractivity contribution in [3.05, 3.63) is 0 Å². The van der Waals surface area contributed by atoms with Crippen LogP contribution in [0.3, 0.4) is 0 Å². The molecule has 12 heavy (non-hydrogen) atoms. The van der Waals surface area contributed by atoms with E-state index in [2.05, 4.69) is 10.8 Å². The topological polar surface area (TPSA) is 23.5 Å². The normalized spacial score (nSPS) is 11.7. The Hall–Kier alpha value is -0.520. The Kier molecular flexibility index (Phi) is 4.96. The molecule has 0 aliphatic rings. The summed E-state index contributed by atoms with van der Waals surface area (Å²) in [7, 11) is 2.01. The van der Waals surface area contributed by atoms with Crippen LogP contribution in [-0.2, 0) is 0 Å². The first-order valence-electron chi connectivity index (χ1n) is 4.30. The number of aliphatic hydroxyl groups is 1. The van der Waals surface area contributed by atoms with E-state index in [0.717, 1.165) is 19.4 Å². The van der Waals surface area contributed by atoms with Crippen molar-refractivity contribution in [2.45, 2.75) is 32.2 Å². The average molecular weight is 169 g/mol. The van der Waals surface area contributed by atoms with Crippen molar-refractivity contribution in [3.8, 4) is 12.3 Å². The fourth-order valence-corrected chi connectivity index (χ4v) is 0.842. The van der Waals surface area contributed by atoms with Gasteiger partial charge in [-0.25, -0.2) is 0 Å². The molecule has 0 rings (SSSR count). The van der Waals surface area contributed by atoms with Gasteiger partial charge in [0.2, 0.25) is 0 Å². The Morgan fingerprint density at radius 3 is 2.50 bits per heavy atom. The lowest BCUT2D eigenvalue weighted by Gasteiger charge is -2.33. The third kappa shape index (κ3) is 3.75. The molecule has 0 saturated heterocycles. The number of unbranched alkanes of at least 4 members (excludes halogenated alkanes) is 1. The summed E-state index contributed by atoms with van der Waals surface area (Å²) in [6.45, 7) is 5.16. The van der Waals surface area contributed by atoms with Crippen LogP contribution in [0, 0.1) is 12.3 Å². The number of nitrogens with zero attached hydrogens (tertiary/aromatic N) is 1. The van der Waals surface area contributed by atoms with Crippen LogP contribution < -0.4 is 0 Å². The van der Waals surface area contributed by atoms with E-state index < -0.39 is 0 Å². The van der Waals surface area contributed by atoms with E-state index >= 15 is 0 Å². The van der Waals surface area contributed by atoms with Crippen molar-refractivity contribution in [1.29, 1.82) is 0 Å². The predicted octanol–water partition coefficient (Wildman–Crippen LogP) is 1.10. The van der Waals surface area contributed by atoms with Crippen LogP contribution in [0.15, 0.2) is 0 Å². The molecule has 0 aliphatic carbocycles. The first kappa shape index (κ1) is 11.5. The van der Waals surface area contributed by atoms with E-state index in [0.29, 0.717) is 0 Å². The maximum absolute atomic E-state index is 9.04. The van der Waals surface area contributed by atoms with E-state index in [-0.39, 0.29) is 12.1 Å². The molecule has 2 nitrogen and oxygen atoms in total. The van der Waals surface area contributed by atoms with Crippen LogP contribution in [-0.4, -0.2) is 35.7 Å². The Morgan fingerprint density at radius 1 is 1.50 bits per heavy atom. The minimum Gasteiger partial charge on any atom is -0.394 e. The minimum absolute atomic E-state index is 0.130. The van der Waals surface area contributed by atoms with Gasteiger partial charge in [-0.1, -0.05) is 0 Å². The van der Waals surface area contributed by atoms with Crippen LogP contribution in [0.25, 0.3) is 0 Å². The first-order chi connectivity index (χ1) is 5.54. The number of rotatable bonds is 5. The van der Waals surface area contributed by atoms with Crippen LogP contribution in [0.5, 0.6) is 0 Å². The molecule has 0 heterocycles. The molecule has 0 aromatic carbocycles. The fourth-order valence-electron chi connectivity index (χ4n) is 0.842. The molecule has 0 saturated carbocycles. The molecule has 2 heteroatoms. The molecule has 0 unspecified atom stereocenters. The zero-order valence-corrected chi connectivity index (χ0v) is 8.30. The lowest BCUT2D eigenvalue weighted by molar-refractivity contribution is 0.0786. The van der Waals surface area contributed by atoms with Crippen LogP contribution >= 0.6 is 0 Å². The highest BCUT2D eigenvalue weighted by atomic mass is 16.3. The van der Waals surface area contributed by atoms with Gasteiger partial charge in [-0.2, -0.15) is 0 Å². The molecule has 0 atom stereocenters. The van der Waals surface area contributed by atoms with Gasteiger partial charge >= 0.3 is 0 Å². The van der Waals surface area contributed by atoms with Gasteiger partial charge in [0.25, 0.3) is 0 Å². The molecule has 1 N–H and O–H groups in total. The molecule has 0 aromatic rings. The average Bonchev–Trinajstić information content (AvgIpc) is 2.05. The number of hydrogen-bond donors (Lipinski definition) is 1. The summed E-state index contributed by atoms with van der Waals surface area (Å²) in [6, 6.07) is 0. The second-order valence-corrected chi connectivity index (χ2v) is 3.70. The van der Waals surface area contributed by atoms with Gasteiger partial charge in [-0.05, 0) is 33.9 Å². The van der Waals surface area contributed by atoms with Crippen LogP contribution in [0.1, 0.15) is 26.7 Å². The molecule has 0 aliphatic heterocycles. The van der Waals surface area contributed by atoms with Crippen LogP contribution in [0.4, 0.5) is 0 Å². The monoisotopic (exact) mass is 169 g/mol. The Morgan fingerprint density at radius 2 is 2.08 bits per heavy atom. The zero-order valence-electron chi connectivity index (χ0n) is 8.30. The molecule has 0 amide bonds. The number of aliphatic hydroxyl groups excluding tert-OH is 1. The molecular formula is C10H19NO. The SMILES string of the molecule is C#CCCCN(C)C(C)(C)CO. The molecule has 0 radical (unpaired) electrons. The maximum atomic E-state index is 9.04. The van der Waals surface area contributed by atoms with Gasteiger partial charge in [-0.3, -0.25) is 4.90 Å². The van der Waals surface area contributed by atoms with Crippen LogP contribution in [0.2, 0.25) is 0 Å². The molecular weight excluding hydrogens is 150 g/mol. The number of terminal acetylenes is 1. The first-order valence-corrected chi connectivity index (χ1v) is 4.30. The standard InChI is InChI=1S/C10H19NO/c1-5-6-7-8-11(4)10(2,3)9-12/h1,12H,6-9H2,2-4H3. The smallest absolute Gasteiger partial charge is 0.0609 e. The third-order valence-corrected chi connectivity index (χ3v) is 2.23. The number of likely N-dealkylation sites (N-methyl/N-ethyl adjacent to an activating group) is 1. The second-order valence-electron chi connectivity index (χ2n) is 3.70. The van der Waals surface area contributed by atoms with Crippen molar-refractivity contribution in [2.24, 2.45) is 0 Å².